The maximum Gasteiger partial charge on any atom is 0.266 e. The number of nitrogens with one attached hydrogen (secondary N) is 1. The lowest BCUT2D eigenvalue weighted by Crippen LogP contribution is -2.22. The summed E-state index contributed by atoms with van der Waals surface area (Å²) in [6.07, 6.45) is 0.229. The second-order valence-corrected chi connectivity index (χ2v) is 8.81. The van der Waals surface area contributed by atoms with Crippen molar-refractivity contribution in [2.75, 3.05) is 18.2 Å². The molecule has 1 heterocycles. The van der Waals surface area contributed by atoms with E-state index in [1.54, 1.807) is 22.8 Å². The number of aromatic nitrogens is 2. The number of thioether (sulfide) groups is 1. The molecule has 0 aliphatic carbocycles. The van der Waals surface area contributed by atoms with E-state index in [2.05, 4.69) is 5.32 Å². The lowest BCUT2D eigenvalue weighted by molar-refractivity contribution is -0.115. The molecular formula is C25H22ClN3O3S. The zero-order valence-corrected chi connectivity index (χ0v) is 19.7. The molecule has 1 aromatic heterocycles. The first-order valence-corrected chi connectivity index (χ1v) is 11.7. The van der Waals surface area contributed by atoms with Gasteiger partial charge in [-0.05, 0) is 42.8 Å². The molecule has 0 fully saturated rings. The first-order chi connectivity index (χ1) is 16.0. The number of hydrogen-bond acceptors (Lipinski definition) is 5. The molecule has 1 N–H and O–H groups in total. The van der Waals surface area contributed by atoms with Crippen molar-refractivity contribution in [3.63, 3.8) is 0 Å². The Morgan fingerprint density at radius 3 is 2.61 bits per heavy atom. The lowest BCUT2D eigenvalue weighted by atomic mass is 10.2. The van der Waals surface area contributed by atoms with Crippen LogP contribution in [0.15, 0.2) is 76.7 Å². The minimum absolute atomic E-state index is 0.139. The van der Waals surface area contributed by atoms with E-state index in [1.807, 2.05) is 55.5 Å². The van der Waals surface area contributed by atoms with Crippen molar-refractivity contribution in [2.45, 2.75) is 18.5 Å². The summed E-state index contributed by atoms with van der Waals surface area (Å²) in [5.41, 5.74) is 2.63. The highest BCUT2D eigenvalue weighted by Gasteiger charge is 2.15. The second-order valence-electron chi connectivity index (χ2n) is 7.34. The predicted molar refractivity (Wildman–Crippen MR) is 134 cm³/mol. The molecule has 0 unspecified atom stereocenters. The average Bonchev–Trinajstić information content (AvgIpc) is 2.82. The van der Waals surface area contributed by atoms with Crippen LogP contribution in [0.4, 0.5) is 5.69 Å². The average molecular weight is 480 g/mol. The maximum absolute atomic E-state index is 13.2. The molecule has 0 aliphatic heterocycles. The first kappa shape index (κ1) is 22.9. The molecule has 8 heteroatoms. The SMILES string of the molecule is COc1cc(Cl)c(C)cc1NC(=O)CCSc1nc2ccccc2c(=O)n1-c1ccccc1. The summed E-state index contributed by atoms with van der Waals surface area (Å²) in [7, 11) is 1.53. The fourth-order valence-electron chi connectivity index (χ4n) is 3.39. The van der Waals surface area contributed by atoms with Gasteiger partial charge in [-0.2, -0.15) is 0 Å². The van der Waals surface area contributed by atoms with Crippen molar-refractivity contribution < 1.29 is 9.53 Å². The van der Waals surface area contributed by atoms with Gasteiger partial charge in [-0.3, -0.25) is 14.2 Å². The highest BCUT2D eigenvalue weighted by Crippen LogP contribution is 2.31. The number of rotatable bonds is 7. The van der Waals surface area contributed by atoms with E-state index in [4.69, 9.17) is 21.3 Å². The van der Waals surface area contributed by atoms with Crippen molar-refractivity contribution in [1.29, 1.82) is 0 Å². The number of amides is 1. The third-order valence-corrected chi connectivity index (χ3v) is 6.42. The smallest absolute Gasteiger partial charge is 0.266 e. The van der Waals surface area contributed by atoms with Crippen molar-refractivity contribution in [2.24, 2.45) is 0 Å². The van der Waals surface area contributed by atoms with Gasteiger partial charge in [0.25, 0.3) is 5.56 Å². The number of hydrogen-bond donors (Lipinski definition) is 1. The van der Waals surface area contributed by atoms with Gasteiger partial charge in [-0.15, -0.1) is 0 Å². The molecule has 0 aliphatic rings. The van der Waals surface area contributed by atoms with Crippen LogP contribution in [0.25, 0.3) is 16.6 Å². The molecule has 3 aromatic carbocycles. The normalized spacial score (nSPS) is 10.9. The Kier molecular flexibility index (Phi) is 7.01. The van der Waals surface area contributed by atoms with Crippen LogP contribution in [0.2, 0.25) is 5.02 Å². The van der Waals surface area contributed by atoms with Crippen LogP contribution in [0.3, 0.4) is 0 Å². The number of carbonyl (C=O) groups excluding carboxylic acids is 1. The Morgan fingerprint density at radius 1 is 1.12 bits per heavy atom. The summed E-state index contributed by atoms with van der Waals surface area (Å²) in [5.74, 6) is 0.774. The Labute approximate surface area is 200 Å². The number of benzene rings is 3. The van der Waals surface area contributed by atoms with Crippen LogP contribution < -0.4 is 15.6 Å². The van der Waals surface area contributed by atoms with Crippen molar-refractivity contribution in [1.82, 2.24) is 9.55 Å². The van der Waals surface area contributed by atoms with Gasteiger partial charge in [0.05, 0.1) is 29.4 Å². The topological polar surface area (TPSA) is 73.2 Å². The number of para-hydroxylation sites is 2. The Balaban J connectivity index is 1.55. The Morgan fingerprint density at radius 2 is 1.85 bits per heavy atom. The van der Waals surface area contributed by atoms with Crippen LogP contribution in [0.1, 0.15) is 12.0 Å². The zero-order valence-electron chi connectivity index (χ0n) is 18.2. The van der Waals surface area contributed by atoms with E-state index in [0.717, 1.165) is 11.3 Å². The number of ether oxygens (including phenoxy) is 1. The molecule has 168 valence electrons. The molecule has 4 rings (SSSR count). The predicted octanol–water partition coefficient (Wildman–Crippen LogP) is 5.48. The lowest BCUT2D eigenvalue weighted by Gasteiger charge is -2.14. The number of fused-ring (bicyclic) bond motifs is 1. The number of anilines is 1. The van der Waals surface area contributed by atoms with Crippen molar-refractivity contribution in [3.8, 4) is 11.4 Å². The third kappa shape index (κ3) is 5.05. The number of halogens is 1. The molecular weight excluding hydrogens is 458 g/mol. The number of methoxy groups -OCH3 is 1. The molecule has 0 saturated carbocycles. The van der Waals surface area contributed by atoms with Gasteiger partial charge in [-0.25, -0.2) is 4.98 Å². The minimum atomic E-state index is -0.170. The largest absolute Gasteiger partial charge is 0.495 e. The van der Waals surface area contributed by atoms with Crippen LogP contribution in [-0.4, -0.2) is 28.3 Å². The van der Waals surface area contributed by atoms with Gasteiger partial charge in [-0.1, -0.05) is 53.7 Å². The van der Waals surface area contributed by atoms with Gasteiger partial charge in [0.1, 0.15) is 5.75 Å². The van der Waals surface area contributed by atoms with E-state index in [-0.39, 0.29) is 17.9 Å². The van der Waals surface area contributed by atoms with Crippen LogP contribution >= 0.6 is 23.4 Å². The van der Waals surface area contributed by atoms with Gasteiger partial charge in [0, 0.05) is 23.3 Å². The highest BCUT2D eigenvalue weighted by molar-refractivity contribution is 7.99. The van der Waals surface area contributed by atoms with Crippen molar-refractivity contribution in [3.05, 3.63) is 87.7 Å². The number of nitrogens with zero attached hydrogens (tertiary/aromatic N) is 2. The fraction of sp³-hybridized carbons (Fsp3) is 0.160. The van der Waals surface area contributed by atoms with Crippen LogP contribution in [-0.2, 0) is 4.79 Å². The quantitative estimate of drug-likeness (QED) is 0.281. The second kappa shape index (κ2) is 10.1. The Hall–Kier alpha value is -3.29. The van der Waals surface area contributed by atoms with E-state index >= 15 is 0 Å². The summed E-state index contributed by atoms with van der Waals surface area (Å²) in [5, 5.41) is 4.54. The number of carbonyl (C=O) groups is 1. The standard InChI is InChI=1S/C25H22ClN3O3S/c1-16-14-21(22(32-2)15-19(16)26)27-23(30)12-13-33-25-28-20-11-7-6-10-18(20)24(31)29(25)17-8-4-3-5-9-17/h3-11,14-15H,12-13H2,1-2H3,(H,27,30). The van der Waals surface area contributed by atoms with E-state index in [0.29, 0.717) is 38.3 Å². The maximum atomic E-state index is 13.2. The monoisotopic (exact) mass is 479 g/mol. The van der Waals surface area contributed by atoms with E-state index in [1.165, 1.54) is 18.9 Å². The van der Waals surface area contributed by atoms with E-state index < -0.39 is 0 Å². The van der Waals surface area contributed by atoms with Gasteiger partial charge < -0.3 is 10.1 Å². The summed E-state index contributed by atoms with van der Waals surface area (Å²) >= 11 is 7.51. The third-order valence-electron chi connectivity index (χ3n) is 5.07. The number of aryl methyl sites for hydroxylation is 1. The molecule has 0 radical (unpaired) electrons. The Bertz CT molecular complexity index is 1370. The minimum Gasteiger partial charge on any atom is -0.495 e. The first-order valence-electron chi connectivity index (χ1n) is 10.3. The molecule has 6 nitrogen and oxygen atoms in total. The highest BCUT2D eigenvalue weighted by atomic mass is 35.5. The summed E-state index contributed by atoms with van der Waals surface area (Å²) in [6, 6.07) is 20.1. The molecule has 0 spiro atoms. The molecule has 0 atom stereocenters. The van der Waals surface area contributed by atoms with Crippen LogP contribution in [0.5, 0.6) is 5.75 Å². The zero-order chi connectivity index (χ0) is 23.4. The van der Waals surface area contributed by atoms with Crippen molar-refractivity contribution >= 4 is 45.9 Å². The van der Waals surface area contributed by atoms with E-state index in [9.17, 15) is 9.59 Å². The summed E-state index contributed by atoms with van der Waals surface area (Å²) in [6.45, 7) is 1.86. The molecule has 0 bridgehead atoms. The van der Waals surface area contributed by atoms with Gasteiger partial charge in [0.2, 0.25) is 5.91 Å². The fourth-order valence-corrected chi connectivity index (χ4v) is 4.50. The molecule has 33 heavy (non-hydrogen) atoms. The van der Waals surface area contributed by atoms with Crippen LogP contribution in [0, 0.1) is 6.92 Å². The summed E-state index contributed by atoms with van der Waals surface area (Å²) < 4.78 is 6.92. The molecule has 0 saturated heterocycles. The van der Waals surface area contributed by atoms with Gasteiger partial charge >= 0.3 is 0 Å². The molecule has 1 amide bonds. The van der Waals surface area contributed by atoms with Gasteiger partial charge in [0.15, 0.2) is 5.16 Å². The summed E-state index contributed by atoms with van der Waals surface area (Å²) in [4.78, 5) is 30.5. The molecule has 4 aromatic rings.